The van der Waals surface area contributed by atoms with Crippen LogP contribution in [0.5, 0.6) is 0 Å². The minimum atomic E-state index is -0.465. The van der Waals surface area contributed by atoms with Crippen LogP contribution in [0.3, 0.4) is 0 Å². The first-order valence-corrected chi connectivity index (χ1v) is 8.28. The average Bonchev–Trinajstić information content (AvgIpc) is 2.48. The Morgan fingerprint density at radius 1 is 1.13 bits per heavy atom. The Kier molecular flexibility index (Phi) is 6.36. The number of rotatable bonds is 0. The monoisotopic (exact) mass is 320 g/mol. The summed E-state index contributed by atoms with van der Waals surface area (Å²) in [4.78, 5) is 18.7. The molecule has 0 saturated carbocycles. The van der Waals surface area contributed by atoms with E-state index in [1.807, 2.05) is 39.0 Å². The van der Waals surface area contributed by atoms with E-state index in [1.165, 1.54) is 0 Å². The van der Waals surface area contributed by atoms with E-state index in [1.54, 1.807) is 4.90 Å². The van der Waals surface area contributed by atoms with Crippen LogP contribution >= 0.6 is 0 Å². The molecule has 0 unspecified atom stereocenters. The molecule has 0 spiro atoms. The Hall–Kier alpha value is -1.66. The molecule has 0 aromatic carbocycles. The Balaban J connectivity index is 1.95. The first-order chi connectivity index (χ1) is 10.9. The van der Waals surface area contributed by atoms with Crippen LogP contribution in [0.1, 0.15) is 38.6 Å². The van der Waals surface area contributed by atoms with Crippen LogP contribution in [0.15, 0.2) is 18.2 Å². The second-order valence-electron chi connectivity index (χ2n) is 6.79. The minimum Gasteiger partial charge on any atom is -0.444 e. The predicted molar refractivity (Wildman–Crippen MR) is 90.1 cm³/mol. The summed E-state index contributed by atoms with van der Waals surface area (Å²) in [6.45, 7) is 10.0. The number of hydrogen-bond donors (Lipinski definition) is 2. The summed E-state index contributed by atoms with van der Waals surface area (Å²) in [7, 11) is 0. The lowest BCUT2D eigenvalue weighted by atomic mass is 10.2. The first kappa shape index (κ1) is 17.7. The van der Waals surface area contributed by atoms with E-state index in [4.69, 9.17) is 4.74 Å². The van der Waals surface area contributed by atoms with Gasteiger partial charge in [0.25, 0.3) is 0 Å². The van der Waals surface area contributed by atoms with Gasteiger partial charge in [0.2, 0.25) is 0 Å². The third-order valence-electron chi connectivity index (χ3n) is 3.47. The zero-order chi connectivity index (χ0) is 16.7. The van der Waals surface area contributed by atoms with Gasteiger partial charge in [-0.1, -0.05) is 6.07 Å². The fourth-order valence-corrected chi connectivity index (χ4v) is 2.39. The smallest absolute Gasteiger partial charge is 0.410 e. The number of nitrogens with zero attached hydrogens (tertiary/aromatic N) is 2. The van der Waals surface area contributed by atoms with Crippen LogP contribution in [0.25, 0.3) is 0 Å². The van der Waals surface area contributed by atoms with Crippen LogP contribution in [-0.2, 0) is 17.8 Å². The highest BCUT2D eigenvalue weighted by Crippen LogP contribution is 2.10. The number of hydrogen-bond acceptors (Lipinski definition) is 5. The molecule has 2 N–H and O–H groups in total. The quantitative estimate of drug-likeness (QED) is 0.764. The summed E-state index contributed by atoms with van der Waals surface area (Å²) in [6, 6.07) is 6.08. The molecule has 0 radical (unpaired) electrons. The Morgan fingerprint density at radius 3 is 2.43 bits per heavy atom. The number of amides is 1. The van der Waals surface area contributed by atoms with Crippen molar-refractivity contribution in [1.82, 2.24) is 20.5 Å². The Bertz CT molecular complexity index is 514. The highest BCUT2D eigenvalue weighted by atomic mass is 16.6. The molecule has 0 saturated heterocycles. The molecule has 2 heterocycles. The maximum absolute atomic E-state index is 12.3. The molecule has 1 aliphatic rings. The lowest BCUT2D eigenvalue weighted by molar-refractivity contribution is 0.0250. The maximum atomic E-state index is 12.3. The molecule has 2 bridgehead atoms. The van der Waals surface area contributed by atoms with E-state index in [0.717, 1.165) is 37.4 Å². The second kappa shape index (κ2) is 8.26. The lowest BCUT2D eigenvalue weighted by Crippen LogP contribution is -2.41. The van der Waals surface area contributed by atoms with Crippen molar-refractivity contribution in [1.29, 1.82) is 0 Å². The topological polar surface area (TPSA) is 66.5 Å². The largest absolute Gasteiger partial charge is 0.444 e. The Morgan fingerprint density at radius 2 is 1.78 bits per heavy atom. The van der Waals surface area contributed by atoms with Gasteiger partial charge < -0.3 is 20.3 Å². The standard InChI is InChI=1S/C17H28N4O2/c1-17(2,3)23-16(22)21-10-5-8-18-12-14-6-4-7-15(20-14)13-19-9-11-21/h4,6-7,18-19H,5,8-13H2,1-3H3. The van der Waals surface area contributed by atoms with Gasteiger partial charge >= 0.3 is 6.09 Å². The predicted octanol–water partition coefficient (Wildman–Crippen LogP) is 1.90. The number of ether oxygens (including phenoxy) is 1. The van der Waals surface area contributed by atoms with Gasteiger partial charge in [-0.3, -0.25) is 4.98 Å². The molecule has 0 atom stereocenters. The number of nitrogens with one attached hydrogen (secondary N) is 2. The van der Waals surface area contributed by atoms with Gasteiger partial charge in [0.05, 0.1) is 11.4 Å². The average molecular weight is 320 g/mol. The third-order valence-corrected chi connectivity index (χ3v) is 3.47. The van der Waals surface area contributed by atoms with Gasteiger partial charge in [0.15, 0.2) is 0 Å². The van der Waals surface area contributed by atoms with Crippen LogP contribution in [-0.4, -0.2) is 47.8 Å². The molecule has 1 aromatic rings. The molecule has 2 rings (SSSR count). The van der Waals surface area contributed by atoms with Crippen molar-refractivity contribution in [2.24, 2.45) is 0 Å². The molecule has 128 valence electrons. The Labute approximate surface area is 138 Å². The lowest BCUT2D eigenvalue weighted by Gasteiger charge is -2.27. The van der Waals surface area contributed by atoms with Gasteiger partial charge in [-0.25, -0.2) is 4.79 Å². The van der Waals surface area contributed by atoms with Crippen LogP contribution in [0.4, 0.5) is 4.79 Å². The fraction of sp³-hybridized carbons (Fsp3) is 0.647. The zero-order valence-corrected chi connectivity index (χ0v) is 14.4. The number of pyridine rings is 1. The SMILES string of the molecule is CC(C)(C)OC(=O)N1CCCNCc2cccc(n2)CNCC1. The number of carbonyl (C=O) groups is 1. The van der Waals surface area contributed by atoms with Gasteiger partial charge in [-0.15, -0.1) is 0 Å². The zero-order valence-electron chi connectivity index (χ0n) is 14.4. The second-order valence-corrected chi connectivity index (χ2v) is 6.79. The molecule has 23 heavy (non-hydrogen) atoms. The fourth-order valence-electron chi connectivity index (χ4n) is 2.39. The summed E-state index contributed by atoms with van der Waals surface area (Å²) in [5.74, 6) is 0. The van der Waals surface area contributed by atoms with E-state index >= 15 is 0 Å². The van der Waals surface area contributed by atoms with E-state index in [2.05, 4.69) is 15.6 Å². The molecule has 0 aliphatic carbocycles. The molecule has 1 aliphatic heterocycles. The van der Waals surface area contributed by atoms with Crippen molar-refractivity contribution >= 4 is 6.09 Å². The summed E-state index contributed by atoms with van der Waals surface area (Å²) in [5.41, 5.74) is 1.60. The van der Waals surface area contributed by atoms with E-state index in [0.29, 0.717) is 19.6 Å². The highest BCUT2D eigenvalue weighted by molar-refractivity contribution is 5.68. The molecule has 0 fully saturated rings. The molecular formula is C17H28N4O2. The van der Waals surface area contributed by atoms with Crippen molar-refractivity contribution in [2.75, 3.05) is 26.2 Å². The third kappa shape index (κ3) is 6.54. The molecule has 1 aromatic heterocycles. The molecular weight excluding hydrogens is 292 g/mol. The van der Waals surface area contributed by atoms with Crippen molar-refractivity contribution in [3.05, 3.63) is 29.6 Å². The number of fused-ring (bicyclic) bond motifs is 2. The van der Waals surface area contributed by atoms with Crippen molar-refractivity contribution in [3.8, 4) is 0 Å². The molecule has 1 amide bonds. The van der Waals surface area contributed by atoms with Crippen molar-refractivity contribution in [2.45, 2.75) is 45.9 Å². The first-order valence-electron chi connectivity index (χ1n) is 8.28. The summed E-state index contributed by atoms with van der Waals surface area (Å²) in [6.07, 6.45) is 0.645. The maximum Gasteiger partial charge on any atom is 0.410 e. The summed E-state index contributed by atoms with van der Waals surface area (Å²) in [5, 5.41) is 6.73. The van der Waals surface area contributed by atoms with Gasteiger partial charge in [-0.2, -0.15) is 0 Å². The summed E-state index contributed by atoms with van der Waals surface area (Å²) >= 11 is 0. The van der Waals surface area contributed by atoms with Crippen molar-refractivity contribution < 1.29 is 9.53 Å². The van der Waals surface area contributed by atoms with Gasteiger partial charge in [-0.05, 0) is 45.9 Å². The summed E-state index contributed by atoms with van der Waals surface area (Å²) < 4.78 is 5.49. The number of carbonyl (C=O) groups excluding carboxylic acids is 1. The number of aromatic nitrogens is 1. The van der Waals surface area contributed by atoms with E-state index in [9.17, 15) is 4.79 Å². The minimum absolute atomic E-state index is 0.243. The molecule has 6 nitrogen and oxygen atoms in total. The van der Waals surface area contributed by atoms with Gasteiger partial charge in [0.1, 0.15) is 5.60 Å². The highest BCUT2D eigenvalue weighted by Gasteiger charge is 2.21. The normalized spacial score (nSPS) is 17.6. The molecule has 6 heteroatoms. The van der Waals surface area contributed by atoms with Gasteiger partial charge in [0, 0.05) is 32.7 Å². The van der Waals surface area contributed by atoms with E-state index in [-0.39, 0.29) is 6.09 Å². The van der Waals surface area contributed by atoms with Crippen LogP contribution < -0.4 is 10.6 Å². The van der Waals surface area contributed by atoms with Crippen LogP contribution in [0.2, 0.25) is 0 Å². The van der Waals surface area contributed by atoms with Crippen LogP contribution in [0, 0.1) is 0 Å². The van der Waals surface area contributed by atoms with E-state index < -0.39 is 5.60 Å². The van der Waals surface area contributed by atoms with Crippen molar-refractivity contribution in [3.63, 3.8) is 0 Å².